The van der Waals surface area contributed by atoms with Crippen LogP contribution in [0.3, 0.4) is 0 Å². The summed E-state index contributed by atoms with van der Waals surface area (Å²) in [7, 11) is 1.38. The summed E-state index contributed by atoms with van der Waals surface area (Å²) in [6, 6.07) is 3.58. The second-order valence-electron chi connectivity index (χ2n) is 4.46. The molecule has 0 amide bonds. The van der Waals surface area contributed by atoms with Gasteiger partial charge < -0.3 is 9.47 Å². The highest BCUT2D eigenvalue weighted by atomic mass is 79.9. The first-order valence-corrected chi connectivity index (χ1v) is 6.51. The van der Waals surface area contributed by atoms with Crippen molar-refractivity contribution in [2.75, 3.05) is 13.7 Å². The lowest BCUT2D eigenvalue weighted by Gasteiger charge is -2.11. The smallest absolute Gasteiger partial charge is 0.337 e. The van der Waals surface area contributed by atoms with E-state index in [9.17, 15) is 4.79 Å². The molecule has 18 heavy (non-hydrogen) atoms. The number of esters is 1. The van der Waals surface area contributed by atoms with Gasteiger partial charge >= 0.3 is 5.97 Å². The van der Waals surface area contributed by atoms with Gasteiger partial charge in [0.25, 0.3) is 0 Å². The van der Waals surface area contributed by atoms with E-state index in [1.54, 1.807) is 6.07 Å². The molecule has 0 saturated carbocycles. The SMILES string of the molecule is COC(=O)c1cc(Br)c2c(c1)CC(C)=C(C)CO2. The van der Waals surface area contributed by atoms with E-state index >= 15 is 0 Å². The average Bonchev–Trinajstić information content (AvgIpc) is 2.49. The van der Waals surface area contributed by atoms with Crippen molar-refractivity contribution >= 4 is 21.9 Å². The average molecular weight is 311 g/mol. The Bertz CT molecular complexity index is 532. The number of carbonyl (C=O) groups excluding carboxylic acids is 1. The van der Waals surface area contributed by atoms with Gasteiger partial charge in [0.15, 0.2) is 0 Å². The van der Waals surface area contributed by atoms with Crippen molar-refractivity contribution in [3.05, 3.63) is 38.9 Å². The Hall–Kier alpha value is -1.29. The Kier molecular flexibility index (Phi) is 3.76. The van der Waals surface area contributed by atoms with Gasteiger partial charge in [0.2, 0.25) is 0 Å². The van der Waals surface area contributed by atoms with Crippen molar-refractivity contribution in [1.29, 1.82) is 0 Å². The largest absolute Gasteiger partial charge is 0.488 e. The topological polar surface area (TPSA) is 35.5 Å². The van der Waals surface area contributed by atoms with E-state index in [0.29, 0.717) is 12.2 Å². The fraction of sp³-hybridized carbons (Fsp3) is 0.357. The number of hydrogen-bond acceptors (Lipinski definition) is 3. The molecule has 1 aromatic rings. The molecule has 1 aromatic carbocycles. The maximum absolute atomic E-state index is 11.6. The number of ether oxygens (including phenoxy) is 2. The molecule has 3 nitrogen and oxygen atoms in total. The van der Waals surface area contributed by atoms with Crippen LogP contribution in [0.5, 0.6) is 5.75 Å². The van der Waals surface area contributed by atoms with Crippen LogP contribution in [0.2, 0.25) is 0 Å². The van der Waals surface area contributed by atoms with Gasteiger partial charge in [-0.05, 0) is 53.9 Å². The monoisotopic (exact) mass is 310 g/mol. The molecular formula is C14H15BrO3. The molecule has 96 valence electrons. The van der Waals surface area contributed by atoms with Crippen LogP contribution in [-0.4, -0.2) is 19.7 Å². The number of fused-ring (bicyclic) bond motifs is 1. The number of allylic oxidation sites excluding steroid dienone is 1. The van der Waals surface area contributed by atoms with E-state index in [0.717, 1.165) is 22.2 Å². The summed E-state index contributed by atoms with van der Waals surface area (Å²) in [5, 5.41) is 0. The number of halogens is 1. The molecule has 0 atom stereocenters. The van der Waals surface area contributed by atoms with E-state index in [1.807, 2.05) is 6.07 Å². The highest BCUT2D eigenvalue weighted by Gasteiger charge is 2.18. The lowest BCUT2D eigenvalue weighted by molar-refractivity contribution is 0.0600. The molecule has 0 unspecified atom stereocenters. The van der Waals surface area contributed by atoms with Gasteiger partial charge in [0, 0.05) is 5.56 Å². The van der Waals surface area contributed by atoms with Crippen LogP contribution >= 0.6 is 15.9 Å². The highest BCUT2D eigenvalue weighted by molar-refractivity contribution is 9.10. The maximum Gasteiger partial charge on any atom is 0.337 e. The Balaban J connectivity index is 2.49. The lowest BCUT2D eigenvalue weighted by Crippen LogP contribution is -2.04. The number of rotatable bonds is 1. The van der Waals surface area contributed by atoms with Crippen LogP contribution in [0.15, 0.2) is 27.8 Å². The third-order valence-electron chi connectivity index (χ3n) is 3.16. The van der Waals surface area contributed by atoms with Crippen LogP contribution in [0.25, 0.3) is 0 Å². The summed E-state index contributed by atoms with van der Waals surface area (Å²) < 4.78 is 11.3. The zero-order valence-corrected chi connectivity index (χ0v) is 12.3. The summed E-state index contributed by atoms with van der Waals surface area (Å²) in [4.78, 5) is 11.6. The minimum Gasteiger partial charge on any atom is -0.488 e. The van der Waals surface area contributed by atoms with Gasteiger partial charge in [0.05, 0.1) is 17.1 Å². The van der Waals surface area contributed by atoms with Crippen LogP contribution in [0.1, 0.15) is 29.8 Å². The molecular weight excluding hydrogens is 296 g/mol. The summed E-state index contributed by atoms with van der Waals surface area (Å²) in [6.07, 6.45) is 0.796. The third kappa shape index (κ3) is 2.43. The van der Waals surface area contributed by atoms with Crippen LogP contribution < -0.4 is 4.74 Å². The van der Waals surface area contributed by atoms with Gasteiger partial charge in [-0.25, -0.2) is 4.79 Å². The summed E-state index contributed by atoms with van der Waals surface area (Å²) in [5.41, 5.74) is 4.07. The van der Waals surface area contributed by atoms with Crippen molar-refractivity contribution < 1.29 is 14.3 Å². The highest BCUT2D eigenvalue weighted by Crippen LogP contribution is 2.35. The Morgan fingerprint density at radius 1 is 1.33 bits per heavy atom. The zero-order chi connectivity index (χ0) is 13.3. The fourth-order valence-corrected chi connectivity index (χ4v) is 2.53. The van der Waals surface area contributed by atoms with Gasteiger partial charge in [-0.3, -0.25) is 0 Å². The van der Waals surface area contributed by atoms with Crippen LogP contribution in [0.4, 0.5) is 0 Å². The minimum absolute atomic E-state index is 0.332. The Labute approximate surface area is 115 Å². The molecule has 2 rings (SSSR count). The normalized spacial score (nSPS) is 14.7. The molecule has 1 aliphatic rings. The van der Waals surface area contributed by atoms with Crippen LogP contribution in [-0.2, 0) is 11.2 Å². The van der Waals surface area contributed by atoms with Crippen molar-refractivity contribution in [2.24, 2.45) is 0 Å². The quantitative estimate of drug-likeness (QED) is 0.588. The second kappa shape index (κ2) is 5.14. The van der Waals surface area contributed by atoms with Crippen molar-refractivity contribution in [1.82, 2.24) is 0 Å². The first-order valence-electron chi connectivity index (χ1n) is 5.71. The molecule has 1 aliphatic heterocycles. The number of methoxy groups -OCH3 is 1. The lowest BCUT2D eigenvalue weighted by atomic mass is 10.0. The van der Waals surface area contributed by atoms with Gasteiger partial charge in [-0.1, -0.05) is 5.57 Å². The van der Waals surface area contributed by atoms with Crippen LogP contribution in [0, 0.1) is 0 Å². The summed E-state index contributed by atoms with van der Waals surface area (Å²) in [6.45, 7) is 4.75. The molecule has 0 bridgehead atoms. The zero-order valence-electron chi connectivity index (χ0n) is 10.7. The van der Waals surface area contributed by atoms with Crippen molar-refractivity contribution in [2.45, 2.75) is 20.3 Å². The summed E-state index contributed by atoms with van der Waals surface area (Å²) in [5.74, 6) is 0.486. The fourth-order valence-electron chi connectivity index (χ4n) is 1.92. The third-order valence-corrected chi connectivity index (χ3v) is 3.75. The second-order valence-corrected chi connectivity index (χ2v) is 5.32. The molecule has 0 N–H and O–H groups in total. The predicted molar refractivity (Wildman–Crippen MR) is 73.1 cm³/mol. The van der Waals surface area contributed by atoms with Gasteiger partial charge in [0.1, 0.15) is 12.4 Å². The molecule has 0 spiro atoms. The maximum atomic E-state index is 11.6. The first-order chi connectivity index (χ1) is 8.52. The molecule has 0 fully saturated rings. The number of benzene rings is 1. The first kappa shape index (κ1) is 13.1. The van der Waals surface area contributed by atoms with Gasteiger partial charge in [-0.15, -0.1) is 0 Å². The molecule has 0 saturated heterocycles. The Morgan fingerprint density at radius 2 is 2.06 bits per heavy atom. The van der Waals surface area contributed by atoms with E-state index in [4.69, 9.17) is 9.47 Å². The standard InChI is InChI=1S/C14H15BrO3/c1-8-4-10-5-11(14(16)17-3)6-12(15)13(10)18-7-9(8)2/h5-6H,4,7H2,1-3H3. The van der Waals surface area contributed by atoms with E-state index in [-0.39, 0.29) is 5.97 Å². The van der Waals surface area contributed by atoms with E-state index in [1.165, 1.54) is 18.3 Å². The molecule has 0 aromatic heterocycles. The van der Waals surface area contributed by atoms with Crippen molar-refractivity contribution in [3.63, 3.8) is 0 Å². The van der Waals surface area contributed by atoms with Gasteiger partial charge in [-0.2, -0.15) is 0 Å². The summed E-state index contributed by atoms with van der Waals surface area (Å²) >= 11 is 3.45. The Morgan fingerprint density at radius 3 is 2.72 bits per heavy atom. The molecule has 1 heterocycles. The minimum atomic E-state index is -0.332. The number of hydrogen-bond donors (Lipinski definition) is 0. The van der Waals surface area contributed by atoms with Crippen molar-refractivity contribution in [3.8, 4) is 5.75 Å². The molecule has 0 aliphatic carbocycles. The van der Waals surface area contributed by atoms with E-state index in [2.05, 4.69) is 29.8 Å². The van der Waals surface area contributed by atoms with E-state index < -0.39 is 0 Å². The molecule has 0 radical (unpaired) electrons. The number of carbonyl (C=O) groups is 1. The molecule has 4 heteroatoms. The predicted octanol–water partition coefficient (Wildman–Crippen LogP) is 3.51.